The van der Waals surface area contributed by atoms with Crippen molar-refractivity contribution in [2.45, 2.75) is 6.92 Å². The molecule has 2 N–H and O–H groups in total. The number of anilines is 1. The number of hydrogen-bond acceptors (Lipinski definition) is 5. The van der Waals surface area contributed by atoms with E-state index >= 15 is 0 Å². The van der Waals surface area contributed by atoms with Crippen molar-refractivity contribution in [1.82, 2.24) is 9.99 Å². The molecule has 0 atom stereocenters. The Morgan fingerprint density at radius 2 is 1.90 bits per heavy atom. The summed E-state index contributed by atoms with van der Waals surface area (Å²) in [4.78, 5) is 25.5. The van der Waals surface area contributed by atoms with Crippen LogP contribution in [0.1, 0.15) is 26.5 Å². The van der Waals surface area contributed by atoms with Crippen molar-refractivity contribution < 1.29 is 14.0 Å². The first kappa shape index (κ1) is 18.7. The molecule has 0 saturated heterocycles. The molecule has 0 bridgehead atoms. The van der Waals surface area contributed by atoms with Crippen LogP contribution in [0.5, 0.6) is 0 Å². The molecule has 146 valence electrons. The molecule has 8 heteroatoms. The van der Waals surface area contributed by atoms with Crippen LogP contribution in [0, 0.1) is 6.92 Å². The Bertz CT molecular complexity index is 1270. The fraction of sp³-hybridized carbons (Fsp3) is 0.0952. The van der Waals surface area contributed by atoms with E-state index < -0.39 is 0 Å². The standard InChI is InChI=1S/C21H18N4O3S/c1-13-9-10-14(12-15(13)22-20(27)17-7-5-11-28-17)19(26)23-24-21-25(2)16-6-3-4-8-18(16)29-21/h3-12H,1-2H3,(H,22,27)(H,23,26)/b24-21-. The number of aryl methyl sites for hydroxylation is 2. The third-order valence-electron chi connectivity index (χ3n) is 4.46. The molecule has 0 aliphatic heterocycles. The fourth-order valence-electron chi connectivity index (χ4n) is 2.84. The summed E-state index contributed by atoms with van der Waals surface area (Å²) < 4.78 is 8.11. The molecule has 0 aliphatic rings. The summed E-state index contributed by atoms with van der Waals surface area (Å²) in [6.07, 6.45) is 1.43. The Balaban J connectivity index is 1.55. The molecule has 29 heavy (non-hydrogen) atoms. The number of furan rings is 1. The lowest BCUT2D eigenvalue weighted by atomic mass is 10.1. The summed E-state index contributed by atoms with van der Waals surface area (Å²) in [5.41, 5.74) is 5.38. The van der Waals surface area contributed by atoms with Crippen LogP contribution in [-0.4, -0.2) is 16.4 Å². The lowest BCUT2D eigenvalue weighted by Crippen LogP contribution is -2.23. The maximum atomic E-state index is 12.6. The van der Waals surface area contributed by atoms with Gasteiger partial charge >= 0.3 is 0 Å². The molecule has 0 radical (unpaired) electrons. The van der Waals surface area contributed by atoms with Crippen molar-refractivity contribution in [2.75, 3.05) is 5.32 Å². The lowest BCUT2D eigenvalue weighted by molar-refractivity contribution is 0.0951. The van der Waals surface area contributed by atoms with Gasteiger partial charge in [-0.1, -0.05) is 29.5 Å². The van der Waals surface area contributed by atoms with Gasteiger partial charge in [-0.2, -0.15) is 0 Å². The first-order valence-electron chi connectivity index (χ1n) is 8.87. The summed E-state index contributed by atoms with van der Waals surface area (Å²) >= 11 is 1.49. The van der Waals surface area contributed by atoms with Crippen LogP contribution in [0.4, 0.5) is 5.69 Å². The number of para-hydroxylation sites is 1. The number of thiazole rings is 1. The maximum Gasteiger partial charge on any atom is 0.291 e. The molecule has 2 amide bonds. The normalized spacial score (nSPS) is 11.6. The number of fused-ring (bicyclic) bond motifs is 1. The molecule has 2 aromatic carbocycles. The number of aromatic nitrogens is 1. The van der Waals surface area contributed by atoms with Crippen molar-refractivity contribution in [3.05, 3.63) is 82.5 Å². The molecule has 0 aliphatic carbocycles. The van der Waals surface area contributed by atoms with Gasteiger partial charge in [0.05, 0.1) is 16.5 Å². The third-order valence-corrected chi connectivity index (χ3v) is 5.57. The number of amides is 2. The molecule has 2 heterocycles. The van der Waals surface area contributed by atoms with E-state index in [-0.39, 0.29) is 17.6 Å². The largest absolute Gasteiger partial charge is 0.459 e. The summed E-state index contributed by atoms with van der Waals surface area (Å²) in [5.74, 6) is -0.542. The predicted molar refractivity (Wildman–Crippen MR) is 112 cm³/mol. The van der Waals surface area contributed by atoms with Crippen molar-refractivity contribution in [3.8, 4) is 0 Å². The number of carbonyl (C=O) groups excluding carboxylic acids is 2. The van der Waals surface area contributed by atoms with Gasteiger partial charge in [0, 0.05) is 18.3 Å². The molecule has 2 aromatic heterocycles. The highest BCUT2D eigenvalue weighted by Gasteiger charge is 2.13. The smallest absolute Gasteiger partial charge is 0.291 e. The Morgan fingerprint density at radius 3 is 2.66 bits per heavy atom. The van der Waals surface area contributed by atoms with E-state index in [9.17, 15) is 9.59 Å². The topological polar surface area (TPSA) is 88.6 Å². The van der Waals surface area contributed by atoms with E-state index in [2.05, 4.69) is 15.8 Å². The van der Waals surface area contributed by atoms with Gasteiger partial charge in [0.25, 0.3) is 11.8 Å². The Morgan fingerprint density at radius 1 is 1.07 bits per heavy atom. The van der Waals surface area contributed by atoms with Crippen molar-refractivity contribution in [3.63, 3.8) is 0 Å². The minimum Gasteiger partial charge on any atom is -0.459 e. The third kappa shape index (κ3) is 3.83. The molecule has 0 spiro atoms. The monoisotopic (exact) mass is 406 g/mol. The minimum absolute atomic E-state index is 0.200. The highest BCUT2D eigenvalue weighted by atomic mass is 32.1. The SMILES string of the molecule is Cc1ccc(C(=O)N/N=c2\sc3ccccc3n2C)cc1NC(=O)c1ccco1. The highest BCUT2D eigenvalue weighted by molar-refractivity contribution is 7.16. The van der Waals surface area contributed by atoms with E-state index in [0.717, 1.165) is 15.8 Å². The zero-order valence-corrected chi connectivity index (χ0v) is 16.6. The highest BCUT2D eigenvalue weighted by Crippen LogP contribution is 2.18. The van der Waals surface area contributed by atoms with Crippen LogP contribution in [0.3, 0.4) is 0 Å². The minimum atomic E-state index is -0.377. The van der Waals surface area contributed by atoms with Gasteiger partial charge in [0.2, 0.25) is 4.80 Å². The maximum absolute atomic E-state index is 12.6. The van der Waals surface area contributed by atoms with Gasteiger partial charge in [0.1, 0.15) is 0 Å². The first-order chi connectivity index (χ1) is 14.0. The number of benzene rings is 2. The Hall–Kier alpha value is -3.65. The molecular formula is C21H18N4O3S. The zero-order valence-electron chi connectivity index (χ0n) is 15.8. The van der Waals surface area contributed by atoms with E-state index in [0.29, 0.717) is 16.1 Å². The van der Waals surface area contributed by atoms with Gasteiger partial charge in [-0.3, -0.25) is 9.59 Å². The molecule has 7 nitrogen and oxygen atoms in total. The fourth-order valence-corrected chi connectivity index (χ4v) is 3.82. The number of rotatable bonds is 4. The second-order valence-electron chi connectivity index (χ2n) is 6.43. The van der Waals surface area contributed by atoms with E-state index in [1.165, 1.54) is 17.6 Å². The van der Waals surface area contributed by atoms with E-state index in [1.807, 2.05) is 42.8 Å². The van der Waals surface area contributed by atoms with Crippen molar-refractivity contribution in [2.24, 2.45) is 12.1 Å². The summed E-state index contributed by atoms with van der Waals surface area (Å²) in [5, 5.41) is 7.02. The zero-order chi connectivity index (χ0) is 20.4. The molecule has 0 fully saturated rings. The molecule has 0 unspecified atom stereocenters. The summed E-state index contributed by atoms with van der Waals surface area (Å²) in [7, 11) is 1.90. The van der Waals surface area contributed by atoms with Gasteiger partial charge in [-0.05, 0) is 48.9 Å². The average molecular weight is 406 g/mol. The molecular weight excluding hydrogens is 388 g/mol. The van der Waals surface area contributed by atoms with E-state index in [4.69, 9.17) is 4.42 Å². The first-order valence-corrected chi connectivity index (χ1v) is 9.69. The van der Waals surface area contributed by atoms with Gasteiger partial charge in [0.15, 0.2) is 5.76 Å². The van der Waals surface area contributed by atoms with Gasteiger partial charge in [-0.15, -0.1) is 5.10 Å². The molecule has 4 rings (SSSR count). The van der Waals surface area contributed by atoms with Gasteiger partial charge in [-0.25, -0.2) is 5.43 Å². The van der Waals surface area contributed by atoms with Crippen molar-refractivity contribution >= 4 is 39.1 Å². The van der Waals surface area contributed by atoms with Crippen LogP contribution in [0.2, 0.25) is 0 Å². The number of nitrogens with zero attached hydrogens (tertiary/aromatic N) is 2. The second-order valence-corrected chi connectivity index (χ2v) is 7.43. The number of hydrogen-bond donors (Lipinski definition) is 2. The summed E-state index contributed by atoms with van der Waals surface area (Å²) in [6.45, 7) is 1.85. The van der Waals surface area contributed by atoms with Crippen LogP contribution in [-0.2, 0) is 7.05 Å². The Labute approximate surface area is 170 Å². The lowest BCUT2D eigenvalue weighted by Gasteiger charge is -2.09. The second kappa shape index (κ2) is 7.76. The van der Waals surface area contributed by atoms with Crippen LogP contribution in [0.15, 0.2) is 70.4 Å². The van der Waals surface area contributed by atoms with E-state index in [1.54, 1.807) is 30.3 Å². The number of nitrogens with one attached hydrogen (secondary N) is 2. The van der Waals surface area contributed by atoms with Crippen LogP contribution >= 0.6 is 11.3 Å². The average Bonchev–Trinajstić information content (AvgIpc) is 3.37. The number of carbonyl (C=O) groups is 2. The van der Waals surface area contributed by atoms with Crippen molar-refractivity contribution in [1.29, 1.82) is 0 Å². The predicted octanol–water partition coefficient (Wildman–Crippen LogP) is 3.64. The molecule has 4 aromatic rings. The van der Waals surface area contributed by atoms with Gasteiger partial charge < -0.3 is 14.3 Å². The van der Waals surface area contributed by atoms with Crippen LogP contribution in [0.25, 0.3) is 10.2 Å². The summed E-state index contributed by atoms with van der Waals surface area (Å²) in [6, 6.07) is 16.2. The Kier molecular flexibility index (Phi) is 5.01. The quantitative estimate of drug-likeness (QED) is 0.507. The molecule has 0 saturated carbocycles. The van der Waals surface area contributed by atoms with Crippen LogP contribution < -0.4 is 15.5 Å².